The molecule has 0 bridgehead atoms. The van der Waals surface area contributed by atoms with Crippen molar-refractivity contribution in [1.82, 2.24) is 16.0 Å². The Hall–Kier alpha value is -5.66. The molecule has 0 aromatic rings. The monoisotopic (exact) mass is 719 g/mol. The fourth-order valence-corrected chi connectivity index (χ4v) is 2.92. The fraction of sp³-hybridized carbons (Fsp3) is 0.533. The Morgan fingerprint density at radius 1 is 0.540 bits per heavy atom. The second-order valence-electron chi connectivity index (χ2n) is 9.66. The molecule has 1 atom stereocenters. The molecule has 0 saturated carbocycles. The van der Waals surface area contributed by atoms with E-state index in [1.54, 1.807) is 6.92 Å². The number of ether oxygens (including phenoxy) is 6. The Kier molecular flexibility index (Phi) is 24.4. The number of alkyl carbamates (subject to hydrolysis) is 3. The van der Waals surface area contributed by atoms with E-state index >= 15 is 0 Å². The Morgan fingerprint density at radius 2 is 0.820 bits per heavy atom. The fourth-order valence-electron chi connectivity index (χ4n) is 2.92. The minimum atomic E-state index is -1.67. The van der Waals surface area contributed by atoms with Crippen LogP contribution in [0.5, 0.6) is 0 Å². The van der Waals surface area contributed by atoms with E-state index < -0.39 is 85.4 Å². The van der Waals surface area contributed by atoms with Crippen LogP contribution in [0.4, 0.5) is 14.4 Å². The standard InChI is InChI=1S/C18H26N2O10.C12H19NO7/c1-4-13(21)27-9-7-19-16(25)29-11-18(6-3,15(23)24)12-30-17(26)20-8-10-28-14(22)5-2;1-3-9(15)19-6-5-13-11(18)20-8-12(4-2,7-14)10(16)17/h4-5H,1-2,6-12H2,3H3,(H,19,25)(H,20,26)(H,23,24);3,14H,1,4-8H2,2H3,(H,13,18)(H,16,17). The molecule has 6 N–H and O–H groups in total. The number of amides is 3. The third-order valence-corrected chi connectivity index (χ3v) is 6.35. The number of carbonyl (C=O) groups excluding carboxylic acids is 6. The maximum absolute atomic E-state index is 11.7. The number of carbonyl (C=O) groups is 8. The summed E-state index contributed by atoms with van der Waals surface area (Å²) in [6, 6.07) is 0. The van der Waals surface area contributed by atoms with Gasteiger partial charge in [-0.05, 0) is 12.8 Å². The van der Waals surface area contributed by atoms with Crippen molar-refractivity contribution in [2.24, 2.45) is 10.8 Å². The minimum absolute atomic E-state index is 0.00319. The first-order valence-corrected chi connectivity index (χ1v) is 14.8. The number of esters is 3. The summed E-state index contributed by atoms with van der Waals surface area (Å²) in [7, 11) is 0. The maximum Gasteiger partial charge on any atom is 0.407 e. The van der Waals surface area contributed by atoms with Crippen molar-refractivity contribution in [3.63, 3.8) is 0 Å². The molecule has 0 aromatic heterocycles. The first-order chi connectivity index (χ1) is 23.6. The smallest absolute Gasteiger partial charge is 0.407 e. The van der Waals surface area contributed by atoms with E-state index in [1.165, 1.54) is 6.92 Å². The molecule has 3 amide bonds. The largest absolute Gasteiger partial charge is 0.481 e. The highest BCUT2D eigenvalue weighted by Gasteiger charge is 2.40. The molecule has 0 aromatic carbocycles. The van der Waals surface area contributed by atoms with E-state index in [1.807, 2.05) is 0 Å². The van der Waals surface area contributed by atoms with E-state index in [4.69, 9.17) is 24.4 Å². The van der Waals surface area contributed by atoms with Crippen LogP contribution in [0.2, 0.25) is 0 Å². The molecule has 0 radical (unpaired) electrons. The Bertz CT molecular complexity index is 1140. The van der Waals surface area contributed by atoms with Gasteiger partial charge in [-0.2, -0.15) is 0 Å². The molecule has 0 aliphatic rings. The zero-order valence-electron chi connectivity index (χ0n) is 27.9. The number of hydrogen-bond acceptors (Lipinski definition) is 15. The van der Waals surface area contributed by atoms with Crippen LogP contribution in [0.25, 0.3) is 0 Å². The SMILES string of the molecule is C=CC(=O)OCCNC(=O)OCC(CC)(CO)C(=O)O.C=CC(=O)OCCNC(=O)OCC(CC)(COC(=O)NCCOC(=O)C=C)C(=O)O. The molecular weight excluding hydrogens is 674 g/mol. The molecule has 20 nitrogen and oxygen atoms in total. The number of nitrogens with one attached hydrogen (secondary N) is 3. The average Bonchev–Trinajstić information content (AvgIpc) is 3.10. The van der Waals surface area contributed by atoms with Crippen LogP contribution in [0, 0.1) is 10.8 Å². The molecule has 50 heavy (non-hydrogen) atoms. The summed E-state index contributed by atoms with van der Waals surface area (Å²) in [6.45, 7) is 10.1. The summed E-state index contributed by atoms with van der Waals surface area (Å²) in [4.78, 5) is 89.7. The van der Waals surface area contributed by atoms with Crippen molar-refractivity contribution >= 4 is 48.1 Å². The number of aliphatic hydroxyl groups excluding tert-OH is 1. The van der Waals surface area contributed by atoms with Gasteiger partial charge in [-0.25, -0.2) is 28.8 Å². The minimum Gasteiger partial charge on any atom is -0.481 e. The van der Waals surface area contributed by atoms with Crippen molar-refractivity contribution in [2.45, 2.75) is 26.7 Å². The lowest BCUT2D eigenvalue weighted by atomic mass is 9.87. The highest BCUT2D eigenvalue weighted by atomic mass is 16.6. The zero-order chi connectivity index (χ0) is 38.6. The van der Waals surface area contributed by atoms with Crippen LogP contribution < -0.4 is 16.0 Å². The highest BCUT2D eigenvalue weighted by molar-refractivity contribution is 5.82. The van der Waals surface area contributed by atoms with Gasteiger partial charge in [0.05, 0.1) is 26.2 Å². The molecule has 0 aliphatic carbocycles. The van der Waals surface area contributed by atoms with Crippen LogP contribution >= 0.6 is 0 Å². The van der Waals surface area contributed by atoms with Gasteiger partial charge in [0.25, 0.3) is 0 Å². The Morgan fingerprint density at radius 3 is 1.04 bits per heavy atom. The highest BCUT2D eigenvalue weighted by Crippen LogP contribution is 2.24. The second-order valence-corrected chi connectivity index (χ2v) is 9.66. The molecule has 0 aliphatic heterocycles. The van der Waals surface area contributed by atoms with Gasteiger partial charge in [-0.1, -0.05) is 33.6 Å². The lowest BCUT2D eigenvalue weighted by molar-refractivity contribution is -0.156. The van der Waals surface area contributed by atoms with Crippen molar-refractivity contribution < 1.29 is 82.1 Å². The number of aliphatic carboxylic acids is 2. The molecule has 0 rings (SSSR count). The van der Waals surface area contributed by atoms with Gasteiger partial charge in [0, 0.05) is 18.2 Å². The summed E-state index contributed by atoms with van der Waals surface area (Å²) < 4.78 is 28.4. The first-order valence-electron chi connectivity index (χ1n) is 14.8. The third-order valence-electron chi connectivity index (χ3n) is 6.35. The van der Waals surface area contributed by atoms with Gasteiger partial charge >= 0.3 is 48.1 Å². The molecule has 0 heterocycles. The van der Waals surface area contributed by atoms with Crippen LogP contribution in [-0.4, -0.2) is 129 Å². The predicted molar refractivity (Wildman–Crippen MR) is 169 cm³/mol. The second kappa shape index (κ2) is 26.3. The van der Waals surface area contributed by atoms with Crippen LogP contribution in [0.15, 0.2) is 38.0 Å². The summed E-state index contributed by atoms with van der Waals surface area (Å²) >= 11 is 0. The predicted octanol–water partition coefficient (Wildman–Crippen LogP) is 0.293. The quantitative estimate of drug-likeness (QED) is 0.0358. The van der Waals surface area contributed by atoms with E-state index in [0.29, 0.717) is 0 Å². The lowest BCUT2D eigenvalue weighted by Crippen LogP contribution is -2.43. The van der Waals surface area contributed by atoms with Crippen LogP contribution in [0.1, 0.15) is 26.7 Å². The van der Waals surface area contributed by atoms with Crippen molar-refractivity contribution in [3.8, 4) is 0 Å². The van der Waals surface area contributed by atoms with E-state index in [0.717, 1.165) is 18.2 Å². The Balaban J connectivity index is 0. The van der Waals surface area contributed by atoms with Gasteiger partial charge in [0.1, 0.15) is 50.5 Å². The summed E-state index contributed by atoms with van der Waals surface area (Å²) in [5.74, 6) is -4.50. The van der Waals surface area contributed by atoms with Crippen LogP contribution in [0.3, 0.4) is 0 Å². The van der Waals surface area contributed by atoms with E-state index in [9.17, 15) is 43.5 Å². The normalized spacial score (nSPS) is 11.3. The molecule has 0 saturated heterocycles. The zero-order valence-corrected chi connectivity index (χ0v) is 27.9. The number of carboxylic acids is 2. The van der Waals surface area contributed by atoms with Gasteiger partial charge in [0.15, 0.2) is 0 Å². The molecule has 20 heteroatoms. The summed E-state index contributed by atoms with van der Waals surface area (Å²) in [5, 5.41) is 34.4. The van der Waals surface area contributed by atoms with Gasteiger partial charge in [0.2, 0.25) is 0 Å². The molecule has 1 unspecified atom stereocenters. The van der Waals surface area contributed by atoms with Crippen molar-refractivity contribution in [3.05, 3.63) is 38.0 Å². The lowest BCUT2D eigenvalue weighted by Gasteiger charge is -2.27. The van der Waals surface area contributed by atoms with Crippen molar-refractivity contribution in [1.29, 1.82) is 0 Å². The van der Waals surface area contributed by atoms with E-state index in [-0.39, 0.29) is 52.3 Å². The topological polar surface area (TPSA) is 289 Å². The number of hydrogen-bond donors (Lipinski definition) is 6. The first kappa shape index (κ1) is 46.5. The Labute approximate surface area is 287 Å². The van der Waals surface area contributed by atoms with Crippen LogP contribution in [-0.2, 0) is 52.4 Å². The van der Waals surface area contributed by atoms with Gasteiger partial charge in [-0.3, -0.25) is 9.59 Å². The van der Waals surface area contributed by atoms with Gasteiger partial charge < -0.3 is 59.7 Å². The third kappa shape index (κ3) is 19.9. The molecule has 282 valence electrons. The average molecular weight is 720 g/mol. The molecule has 0 fully saturated rings. The van der Waals surface area contributed by atoms with Crippen molar-refractivity contribution in [2.75, 3.05) is 65.9 Å². The summed E-state index contributed by atoms with van der Waals surface area (Å²) in [5.41, 5.74) is -3.17. The number of rotatable bonds is 23. The van der Waals surface area contributed by atoms with Gasteiger partial charge in [-0.15, -0.1) is 0 Å². The maximum atomic E-state index is 11.7. The molecular formula is C30H45N3O17. The summed E-state index contributed by atoms with van der Waals surface area (Å²) in [6.07, 6.45) is 0.304. The van der Waals surface area contributed by atoms with E-state index in [2.05, 4.69) is 49.9 Å². The number of carboxylic acid groups (broad SMARTS) is 2. The molecule has 0 spiro atoms. The number of aliphatic hydroxyl groups is 1.